The van der Waals surface area contributed by atoms with Gasteiger partial charge in [-0.2, -0.15) is 0 Å². The molecule has 1 atom stereocenters. The van der Waals surface area contributed by atoms with Gasteiger partial charge in [-0.3, -0.25) is 9.69 Å². The van der Waals surface area contributed by atoms with Gasteiger partial charge in [-0.1, -0.05) is 54.1 Å². The van der Waals surface area contributed by atoms with Crippen LogP contribution in [0.15, 0.2) is 72.8 Å². The quantitative estimate of drug-likeness (QED) is 0.475. The average molecular weight is 382 g/mol. The Hall–Kier alpha value is -2.88. The van der Waals surface area contributed by atoms with Gasteiger partial charge in [0.05, 0.1) is 5.56 Å². The Morgan fingerprint density at radius 3 is 2.22 bits per heavy atom. The van der Waals surface area contributed by atoms with Crippen LogP contribution >= 0.6 is 7.82 Å². The first-order chi connectivity index (χ1) is 12.9. The van der Waals surface area contributed by atoms with Crippen molar-refractivity contribution in [1.29, 1.82) is 0 Å². The molecule has 0 aliphatic heterocycles. The van der Waals surface area contributed by atoms with E-state index in [1.807, 2.05) is 26.0 Å². The number of phosphoric ester groups is 1. The number of para-hydroxylation sites is 2. The minimum absolute atomic E-state index is 0.00996. The van der Waals surface area contributed by atoms with Crippen molar-refractivity contribution in [1.82, 2.24) is 0 Å². The molecule has 0 saturated heterocycles. The fourth-order valence-electron chi connectivity index (χ4n) is 2.70. The molecule has 0 saturated carbocycles. The van der Waals surface area contributed by atoms with Crippen molar-refractivity contribution < 1.29 is 23.3 Å². The summed E-state index contributed by atoms with van der Waals surface area (Å²) in [5, 5.41) is 0. The van der Waals surface area contributed by atoms with Gasteiger partial charge in [0.1, 0.15) is 11.5 Å². The molecule has 0 bridgehead atoms. The molecule has 0 amide bonds. The van der Waals surface area contributed by atoms with E-state index in [9.17, 15) is 14.3 Å². The second-order valence-electron chi connectivity index (χ2n) is 6.11. The smallest absolute Gasteiger partial charge is 0.395 e. The largest absolute Gasteiger partial charge is 0.584 e. The molecule has 1 unspecified atom stereocenters. The molecule has 0 spiro atoms. The number of hydrogen-bond donors (Lipinski definition) is 1. The summed E-state index contributed by atoms with van der Waals surface area (Å²) in [6.45, 7) is 3.79. The zero-order valence-electron chi connectivity index (χ0n) is 15.0. The first-order valence-corrected chi connectivity index (χ1v) is 9.83. The van der Waals surface area contributed by atoms with Crippen LogP contribution < -0.4 is 9.05 Å². The van der Waals surface area contributed by atoms with Gasteiger partial charge >= 0.3 is 7.82 Å². The van der Waals surface area contributed by atoms with E-state index in [2.05, 4.69) is 0 Å². The summed E-state index contributed by atoms with van der Waals surface area (Å²) in [4.78, 5) is 23.0. The van der Waals surface area contributed by atoms with Gasteiger partial charge in [-0.05, 0) is 43.7 Å². The summed E-state index contributed by atoms with van der Waals surface area (Å²) in [6, 6.07) is 20.0. The Kier molecular flexibility index (Phi) is 5.45. The highest BCUT2D eigenvalue weighted by atomic mass is 31.2. The van der Waals surface area contributed by atoms with Gasteiger partial charge in [-0.15, -0.1) is 0 Å². The Labute approximate surface area is 157 Å². The van der Waals surface area contributed by atoms with Crippen LogP contribution in [0, 0.1) is 13.8 Å². The lowest BCUT2D eigenvalue weighted by Gasteiger charge is -2.16. The standard InChI is InChI=1S/C21H19O5P/c1-15-12-13-18(16(2)14-15)21(22)19-10-6-7-11-20(19)26-27(23,24)25-17-8-4-3-5-9-17/h3-14H,1-2H3,(H,23,24). The molecule has 0 fully saturated rings. The number of carbonyl (C=O) groups is 1. The number of rotatable bonds is 6. The molecule has 27 heavy (non-hydrogen) atoms. The minimum atomic E-state index is -4.47. The van der Waals surface area contributed by atoms with Crippen LogP contribution in [0.3, 0.4) is 0 Å². The number of ketones is 1. The third-order valence-corrected chi connectivity index (χ3v) is 4.80. The van der Waals surface area contributed by atoms with Gasteiger partial charge in [0, 0.05) is 5.56 Å². The Balaban J connectivity index is 1.89. The van der Waals surface area contributed by atoms with Crippen LogP contribution in [0.5, 0.6) is 11.5 Å². The fourth-order valence-corrected chi connectivity index (χ4v) is 3.54. The van der Waals surface area contributed by atoms with E-state index >= 15 is 0 Å². The van der Waals surface area contributed by atoms with Crippen molar-refractivity contribution in [2.75, 3.05) is 0 Å². The molecule has 0 aliphatic carbocycles. The van der Waals surface area contributed by atoms with Crippen LogP contribution in [0.4, 0.5) is 0 Å². The topological polar surface area (TPSA) is 72.8 Å². The highest BCUT2D eigenvalue weighted by molar-refractivity contribution is 7.48. The van der Waals surface area contributed by atoms with E-state index < -0.39 is 7.82 Å². The number of benzene rings is 3. The van der Waals surface area contributed by atoms with Crippen molar-refractivity contribution >= 4 is 13.6 Å². The summed E-state index contributed by atoms with van der Waals surface area (Å²) in [5.74, 6) is -0.103. The summed E-state index contributed by atoms with van der Waals surface area (Å²) in [7, 11) is -4.47. The minimum Gasteiger partial charge on any atom is -0.395 e. The van der Waals surface area contributed by atoms with E-state index in [1.54, 1.807) is 54.6 Å². The monoisotopic (exact) mass is 382 g/mol. The maximum Gasteiger partial charge on any atom is 0.584 e. The van der Waals surface area contributed by atoms with Crippen molar-refractivity contribution in [3.63, 3.8) is 0 Å². The van der Waals surface area contributed by atoms with Gasteiger partial charge < -0.3 is 9.05 Å². The Bertz CT molecular complexity index is 1010. The van der Waals surface area contributed by atoms with E-state index in [0.717, 1.165) is 11.1 Å². The molecule has 138 valence electrons. The summed E-state index contributed by atoms with van der Waals surface area (Å²) in [5.41, 5.74) is 2.57. The van der Waals surface area contributed by atoms with Crippen molar-refractivity contribution in [2.24, 2.45) is 0 Å². The average Bonchev–Trinajstić information content (AvgIpc) is 2.62. The number of phosphoric acid groups is 1. The SMILES string of the molecule is Cc1ccc(C(=O)c2ccccc2OP(=O)(O)Oc2ccccc2)c(C)c1. The summed E-state index contributed by atoms with van der Waals surface area (Å²) < 4.78 is 22.6. The molecule has 3 aromatic rings. The van der Waals surface area contributed by atoms with Crippen LogP contribution in [0.2, 0.25) is 0 Å². The molecule has 3 rings (SSSR count). The van der Waals surface area contributed by atoms with E-state index in [-0.39, 0.29) is 22.8 Å². The van der Waals surface area contributed by atoms with Gasteiger partial charge in [0.15, 0.2) is 5.78 Å². The number of carbonyl (C=O) groups excluding carboxylic acids is 1. The van der Waals surface area contributed by atoms with Crippen LogP contribution in [-0.2, 0) is 4.57 Å². The fraction of sp³-hybridized carbons (Fsp3) is 0.0952. The van der Waals surface area contributed by atoms with Crippen molar-refractivity contribution in [3.8, 4) is 11.5 Å². The summed E-state index contributed by atoms with van der Waals surface area (Å²) in [6.07, 6.45) is 0. The molecule has 1 N–H and O–H groups in total. The lowest BCUT2D eigenvalue weighted by molar-refractivity contribution is 0.103. The predicted octanol–water partition coefficient (Wildman–Crippen LogP) is 5.09. The molecular weight excluding hydrogens is 363 g/mol. The molecule has 3 aromatic carbocycles. The molecule has 0 heterocycles. The van der Waals surface area contributed by atoms with E-state index in [1.165, 1.54) is 6.07 Å². The van der Waals surface area contributed by atoms with Gasteiger partial charge in [-0.25, -0.2) is 4.57 Å². The third kappa shape index (κ3) is 4.64. The van der Waals surface area contributed by atoms with E-state index in [4.69, 9.17) is 9.05 Å². The maximum atomic E-state index is 13.0. The van der Waals surface area contributed by atoms with Crippen LogP contribution in [0.25, 0.3) is 0 Å². The lowest BCUT2D eigenvalue weighted by Crippen LogP contribution is -2.08. The molecule has 0 aromatic heterocycles. The lowest BCUT2D eigenvalue weighted by atomic mass is 9.97. The summed E-state index contributed by atoms with van der Waals surface area (Å²) >= 11 is 0. The van der Waals surface area contributed by atoms with Crippen molar-refractivity contribution in [2.45, 2.75) is 13.8 Å². The second-order valence-corrected chi connectivity index (χ2v) is 7.41. The number of aryl methyl sites for hydroxylation is 2. The molecule has 0 radical (unpaired) electrons. The zero-order valence-corrected chi connectivity index (χ0v) is 15.9. The third-order valence-electron chi connectivity index (χ3n) is 3.94. The Morgan fingerprint density at radius 2 is 1.52 bits per heavy atom. The highest BCUT2D eigenvalue weighted by Gasteiger charge is 2.28. The van der Waals surface area contributed by atoms with Crippen molar-refractivity contribution in [3.05, 3.63) is 95.1 Å². The van der Waals surface area contributed by atoms with Crippen LogP contribution in [0.1, 0.15) is 27.0 Å². The zero-order chi connectivity index (χ0) is 19.4. The first kappa shape index (κ1) is 18.9. The first-order valence-electron chi connectivity index (χ1n) is 8.34. The van der Waals surface area contributed by atoms with Gasteiger partial charge in [0.25, 0.3) is 0 Å². The molecule has 0 aliphatic rings. The Morgan fingerprint density at radius 1 is 0.852 bits per heavy atom. The molecule has 5 nitrogen and oxygen atoms in total. The van der Waals surface area contributed by atoms with Crippen LogP contribution in [-0.4, -0.2) is 10.7 Å². The normalized spacial score (nSPS) is 12.9. The highest BCUT2D eigenvalue weighted by Crippen LogP contribution is 2.45. The number of hydrogen-bond acceptors (Lipinski definition) is 4. The molecular formula is C21H19O5P. The maximum absolute atomic E-state index is 13.0. The van der Waals surface area contributed by atoms with E-state index in [0.29, 0.717) is 5.56 Å². The predicted molar refractivity (Wildman–Crippen MR) is 103 cm³/mol. The second kappa shape index (κ2) is 7.78. The molecule has 6 heteroatoms. The van der Waals surface area contributed by atoms with Gasteiger partial charge in [0.2, 0.25) is 0 Å².